The van der Waals surface area contributed by atoms with E-state index in [1.54, 1.807) is 0 Å². The Labute approximate surface area is 121 Å². The van der Waals surface area contributed by atoms with Gasteiger partial charge in [-0.15, -0.1) is 0 Å². The van der Waals surface area contributed by atoms with Crippen LogP contribution in [0.5, 0.6) is 0 Å². The molecule has 0 amide bonds. The van der Waals surface area contributed by atoms with Crippen LogP contribution in [0.1, 0.15) is 31.4 Å². The highest BCUT2D eigenvalue weighted by molar-refractivity contribution is 5.40. The Morgan fingerprint density at radius 3 is 2.65 bits per heavy atom. The average Bonchev–Trinajstić information content (AvgIpc) is 2.87. The molecule has 0 saturated carbocycles. The molecule has 1 heterocycles. The van der Waals surface area contributed by atoms with Crippen LogP contribution in [0.4, 0.5) is 5.69 Å². The van der Waals surface area contributed by atoms with E-state index in [0.717, 1.165) is 38.3 Å². The Bertz CT molecular complexity index is 533. The zero-order chi connectivity index (χ0) is 14.4. The van der Waals surface area contributed by atoms with Gasteiger partial charge in [0.2, 0.25) is 0 Å². The number of nitrogen functional groups attached to an aromatic ring is 1. The molecule has 0 bridgehead atoms. The Morgan fingerprint density at radius 2 is 2.00 bits per heavy atom. The van der Waals surface area contributed by atoms with Crippen LogP contribution in [0.2, 0.25) is 0 Å². The largest absolute Gasteiger partial charge is 0.399 e. The molecular formula is C16H24N4. The third-order valence-corrected chi connectivity index (χ3v) is 3.31. The van der Waals surface area contributed by atoms with E-state index >= 15 is 0 Å². The molecule has 4 heteroatoms. The highest BCUT2D eigenvalue weighted by Crippen LogP contribution is 2.12. The van der Waals surface area contributed by atoms with Crippen molar-refractivity contribution in [2.75, 3.05) is 12.3 Å². The third kappa shape index (κ3) is 4.10. The number of rotatable bonds is 7. The van der Waals surface area contributed by atoms with E-state index in [9.17, 15) is 0 Å². The van der Waals surface area contributed by atoms with Crippen molar-refractivity contribution in [2.45, 2.75) is 39.9 Å². The fourth-order valence-electron chi connectivity index (χ4n) is 2.40. The Balaban J connectivity index is 2.02. The van der Waals surface area contributed by atoms with Crippen LogP contribution in [0.25, 0.3) is 0 Å². The van der Waals surface area contributed by atoms with Crippen LogP contribution >= 0.6 is 0 Å². The number of hydrogen-bond donors (Lipinski definition) is 1. The summed E-state index contributed by atoms with van der Waals surface area (Å²) in [5.41, 5.74) is 9.21. The molecule has 0 radical (unpaired) electrons. The van der Waals surface area contributed by atoms with E-state index in [2.05, 4.69) is 42.2 Å². The van der Waals surface area contributed by atoms with Gasteiger partial charge in [0, 0.05) is 37.1 Å². The maximum Gasteiger partial charge on any atom is 0.0534 e. The van der Waals surface area contributed by atoms with Crippen LogP contribution < -0.4 is 5.73 Å². The van der Waals surface area contributed by atoms with Crippen molar-refractivity contribution < 1.29 is 0 Å². The predicted molar refractivity (Wildman–Crippen MR) is 83.2 cm³/mol. The Kier molecular flexibility index (Phi) is 5.18. The number of hydrogen-bond acceptors (Lipinski definition) is 3. The molecule has 2 aromatic rings. The minimum atomic E-state index is 0.831. The van der Waals surface area contributed by atoms with Gasteiger partial charge in [0.05, 0.1) is 6.20 Å². The molecule has 0 spiro atoms. The monoisotopic (exact) mass is 272 g/mol. The number of aryl methyl sites for hydroxylation is 1. The summed E-state index contributed by atoms with van der Waals surface area (Å²) in [7, 11) is 0. The summed E-state index contributed by atoms with van der Waals surface area (Å²) in [5.74, 6) is 0. The number of aromatic nitrogens is 2. The van der Waals surface area contributed by atoms with Crippen molar-refractivity contribution in [1.29, 1.82) is 0 Å². The minimum absolute atomic E-state index is 0.831. The summed E-state index contributed by atoms with van der Waals surface area (Å²) < 4.78 is 1.97. The number of anilines is 1. The van der Waals surface area contributed by atoms with E-state index in [-0.39, 0.29) is 0 Å². The fourth-order valence-corrected chi connectivity index (χ4v) is 2.40. The van der Waals surface area contributed by atoms with Crippen LogP contribution in [-0.4, -0.2) is 21.2 Å². The summed E-state index contributed by atoms with van der Waals surface area (Å²) in [4.78, 5) is 2.44. The standard InChI is InChI=1S/C16H24N4/c1-3-8-19(11-14-6-5-7-16(17)9-14)12-15-10-18-20(4-2)13-15/h5-7,9-10,13H,3-4,8,11-12,17H2,1-2H3. The molecule has 0 aliphatic carbocycles. The lowest BCUT2D eigenvalue weighted by Gasteiger charge is -2.21. The molecule has 0 aliphatic rings. The molecular weight excluding hydrogens is 248 g/mol. The van der Waals surface area contributed by atoms with Crippen molar-refractivity contribution in [3.8, 4) is 0 Å². The van der Waals surface area contributed by atoms with Gasteiger partial charge in [-0.1, -0.05) is 19.1 Å². The fraction of sp³-hybridized carbons (Fsp3) is 0.438. The second-order valence-electron chi connectivity index (χ2n) is 5.16. The summed E-state index contributed by atoms with van der Waals surface area (Å²) in [6.45, 7) is 8.17. The topological polar surface area (TPSA) is 47.1 Å². The molecule has 0 fully saturated rings. The molecule has 20 heavy (non-hydrogen) atoms. The van der Waals surface area contributed by atoms with Crippen molar-refractivity contribution in [3.05, 3.63) is 47.8 Å². The molecule has 0 aliphatic heterocycles. The number of benzene rings is 1. The average molecular weight is 272 g/mol. The normalized spacial score (nSPS) is 11.2. The van der Waals surface area contributed by atoms with E-state index in [0.29, 0.717) is 0 Å². The molecule has 0 unspecified atom stereocenters. The second kappa shape index (κ2) is 7.10. The van der Waals surface area contributed by atoms with E-state index in [4.69, 9.17) is 5.73 Å². The third-order valence-electron chi connectivity index (χ3n) is 3.31. The molecule has 1 aromatic heterocycles. The van der Waals surface area contributed by atoms with Gasteiger partial charge in [0.1, 0.15) is 0 Å². The van der Waals surface area contributed by atoms with Crippen molar-refractivity contribution in [3.63, 3.8) is 0 Å². The van der Waals surface area contributed by atoms with Gasteiger partial charge in [0.15, 0.2) is 0 Å². The molecule has 108 valence electrons. The molecule has 2 N–H and O–H groups in total. The van der Waals surface area contributed by atoms with Gasteiger partial charge in [-0.3, -0.25) is 9.58 Å². The maximum atomic E-state index is 5.85. The highest BCUT2D eigenvalue weighted by Gasteiger charge is 2.08. The first-order valence-corrected chi connectivity index (χ1v) is 7.29. The Morgan fingerprint density at radius 1 is 1.20 bits per heavy atom. The van der Waals surface area contributed by atoms with E-state index in [1.807, 2.05) is 23.0 Å². The van der Waals surface area contributed by atoms with Gasteiger partial charge in [-0.05, 0) is 37.6 Å². The summed E-state index contributed by atoms with van der Waals surface area (Å²) in [5, 5.41) is 4.34. The number of nitrogens with zero attached hydrogens (tertiary/aromatic N) is 3. The lowest BCUT2D eigenvalue weighted by molar-refractivity contribution is 0.257. The van der Waals surface area contributed by atoms with Gasteiger partial charge in [0.25, 0.3) is 0 Å². The van der Waals surface area contributed by atoms with Crippen molar-refractivity contribution in [2.24, 2.45) is 0 Å². The minimum Gasteiger partial charge on any atom is -0.399 e. The molecule has 4 nitrogen and oxygen atoms in total. The SMILES string of the molecule is CCCN(Cc1cccc(N)c1)Cc1cnn(CC)c1. The van der Waals surface area contributed by atoms with Gasteiger partial charge < -0.3 is 5.73 Å². The first-order chi connectivity index (χ1) is 9.71. The summed E-state index contributed by atoms with van der Waals surface area (Å²) >= 11 is 0. The zero-order valence-electron chi connectivity index (χ0n) is 12.4. The van der Waals surface area contributed by atoms with Gasteiger partial charge in [-0.2, -0.15) is 5.10 Å². The van der Waals surface area contributed by atoms with Crippen LogP contribution in [0, 0.1) is 0 Å². The molecule has 0 atom stereocenters. The Hall–Kier alpha value is -1.81. The van der Waals surface area contributed by atoms with Gasteiger partial charge >= 0.3 is 0 Å². The van der Waals surface area contributed by atoms with E-state index in [1.165, 1.54) is 11.1 Å². The highest BCUT2D eigenvalue weighted by atomic mass is 15.3. The molecule has 2 rings (SSSR count). The van der Waals surface area contributed by atoms with E-state index < -0.39 is 0 Å². The lowest BCUT2D eigenvalue weighted by Crippen LogP contribution is -2.23. The zero-order valence-corrected chi connectivity index (χ0v) is 12.4. The second-order valence-corrected chi connectivity index (χ2v) is 5.16. The predicted octanol–water partition coefficient (Wildman–Crippen LogP) is 2.90. The van der Waals surface area contributed by atoms with Gasteiger partial charge in [-0.25, -0.2) is 0 Å². The molecule has 0 saturated heterocycles. The lowest BCUT2D eigenvalue weighted by atomic mass is 10.1. The first kappa shape index (κ1) is 14.6. The van der Waals surface area contributed by atoms with Crippen LogP contribution in [0.3, 0.4) is 0 Å². The molecule has 1 aromatic carbocycles. The van der Waals surface area contributed by atoms with Crippen LogP contribution in [-0.2, 0) is 19.6 Å². The van der Waals surface area contributed by atoms with Crippen molar-refractivity contribution >= 4 is 5.69 Å². The van der Waals surface area contributed by atoms with Crippen molar-refractivity contribution in [1.82, 2.24) is 14.7 Å². The van der Waals surface area contributed by atoms with Crippen LogP contribution in [0.15, 0.2) is 36.7 Å². The summed E-state index contributed by atoms with van der Waals surface area (Å²) in [6.07, 6.45) is 5.23. The smallest absolute Gasteiger partial charge is 0.0534 e. The maximum absolute atomic E-state index is 5.85. The summed E-state index contributed by atoms with van der Waals surface area (Å²) in [6, 6.07) is 8.13. The quantitative estimate of drug-likeness (QED) is 0.788. The number of nitrogens with two attached hydrogens (primary N) is 1. The first-order valence-electron chi connectivity index (χ1n) is 7.29.